The highest BCUT2D eigenvalue weighted by molar-refractivity contribution is 7.13. The van der Waals surface area contributed by atoms with E-state index in [-0.39, 0.29) is 0 Å². The molecule has 1 rings (SSSR count). The van der Waals surface area contributed by atoms with Gasteiger partial charge in [0.2, 0.25) is 0 Å². The Bertz CT molecular complexity index is 365. The van der Waals surface area contributed by atoms with Crippen molar-refractivity contribution in [2.24, 2.45) is 0 Å². The number of nitrogens with one attached hydrogen (secondary N) is 1. The number of carboxylic acid groups (broad SMARTS) is 1. The van der Waals surface area contributed by atoms with Crippen molar-refractivity contribution in [3.05, 3.63) is 11.1 Å². The molecule has 5 heteroatoms. The Morgan fingerprint density at radius 2 is 2.31 bits per heavy atom. The summed E-state index contributed by atoms with van der Waals surface area (Å²) in [5, 5.41) is 14.9. The van der Waals surface area contributed by atoms with Gasteiger partial charge < -0.3 is 10.4 Å². The zero-order valence-corrected chi connectivity index (χ0v) is 10.7. The Hall–Kier alpha value is -1.10. The highest BCUT2D eigenvalue weighted by atomic mass is 32.1. The standard InChI is InChI=1S/C11H18N2O2S/c1-4-6-11(3,9(14)15)13-10-12-8(5-2)7-16-10/h7H,4-6H2,1-3H3,(H,12,13)(H,14,15). The first kappa shape index (κ1) is 13.0. The first-order chi connectivity index (χ1) is 7.51. The van der Waals surface area contributed by atoms with Crippen LogP contribution >= 0.6 is 11.3 Å². The molecule has 4 nitrogen and oxygen atoms in total. The Morgan fingerprint density at radius 1 is 1.62 bits per heavy atom. The molecular formula is C11H18N2O2S. The molecular weight excluding hydrogens is 224 g/mol. The molecule has 1 aromatic heterocycles. The fourth-order valence-electron chi connectivity index (χ4n) is 1.49. The Morgan fingerprint density at radius 3 is 2.75 bits per heavy atom. The van der Waals surface area contributed by atoms with E-state index in [0.29, 0.717) is 11.6 Å². The second-order valence-electron chi connectivity index (χ2n) is 4.01. The summed E-state index contributed by atoms with van der Waals surface area (Å²) in [5.41, 5.74) is 0.0779. The molecule has 0 saturated heterocycles. The molecule has 1 aromatic rings. The second-order valence-corrected chi connectivity index (χ2v) is 4.87. The Labute approximate surface area is 99.7 Å². The Kier molecular flexibility index (Phi) is 4.29. The minimum Gasteiger partial charge on any atom is -0.480 e. The minimum absolute atomic E-state index is 0.587. The molecule has 1 atom stereocenters. The van der Waals surface area contributed by atoms with Gasteiger partial charge >= 0.3 is 5.97 Å². The van der Waals surface area contributed by atoms with Gasteiger partial charge in [0.15, 0.2) is 5.13 Å². The molecule has 16 heavy (non-hydrogen) atoms. The average Bonchev–Trinajstić information content (AvgIpc) is 2.65. The summed E-state index contributed by atoms with van der Waals surface area (Å²) in [5.74, 6) is -0.831. The number of carboxylic acids is 1. The van der Waals surface area contributed by atoms with E-state index < -0.39 is 11.5 Å². The quantitative estimate of drug-likeness (QED) is 0.805. The predicted molar refractivity (Wildman–Crippen MR) is 66.1 cm³/mol. The van der Waals surface area contributed by atoms with Gasteiger partial charge in [-0.05, 0) is 19.8 Å². The number of carbonyl (C=O) groups is 1. The summed E-state index contributed by atoms with van der Waals surface area (Å²) >= 11 is 1.46. The number of hydrogen-bond donors (Lipinski definition) is 2. The van der Waals surface area contributed by atoms with Crippen LogP contribution in [0, 0.1) is 0 Å². The van der Waals surface area contributed by atoms with Crippen molar-refractivity contribution in [3.8, 4) is 0 Å². The van der Waals surface area contributed by atoms with Crippen molar-refractivity contribution in [2.75, 3.05) is 5.32 Å². The fraction of sp³-hybridized carbons (Fsp3) is 0.636. The highest BCUT2D eigenvalue weighted by Crippen LogP contribution is 2.23. The van der Waals surface area contributed by atoms with Gasteiger partial charge in [-0.15, -0.1) is 11.3 Å². The van der Waals surface area contributed by atoms with E-state index in [9.17, 15) is 9.90 Å². The van der Waals surface area contributed by atoms with Gasteiger partial charge in [-0.25, -0.2) is 9.78 Å². The molecule has 0 spiro atoms. The van der Waals surface area contributed by atoms with Crippen molar-refractivity contribution < 1.29 is 9.90 Å². The number of rotatable bonds is 6. The predicted octanol–water partition coefficient (Wildman–Crippen LogP) is 2.76. The summed E-state index contributed by atoms with van der Waals surface area (Å²) in [4.78, 5) is 15.5. The summed E-state index contributed by atoms with van der Waals surface area (Å²) in [7, 11) is 0. The van der Waals surface area contributed by atoms with Gasteiger partial charge in [-0.1, -0.05) is 20.3 Å². The van der Waals surface area contributed by atoms with Crippen LogP contribution in [0.5, 0.6) is 0 Å². The van der Waals surface area contributed by atoms with E-state index in [4.69, 9.17) is 0 Å². The van der Waals surface area contributed by atoms with Crippen LogP contribution in [0.15, 0.2) is 5.38 Å². The van der Waals surface area contributed by atoms with Crippen molar-refractivity contribution in [1.82, 2.24) is 4.98 Å². The maximum Gasteiger partial charge on any atom is 0.329 e. The number of nitrogens with zero attached hydrogens (tertiary/aromatic N) is 1. The number of hydrogen-bond acceptors (Lipinski definition) is 4. The number of anilines is 1. The first-order valence-corrected chi connectivity index (χ1v) is 6.35. The minimum atomic E-state index is -0.919. The highest BCUT2D eigenvalue weighted by Gasteiger charge is 2.32. The largest absolute Gasteiger partial charge is 0.480 e. The number of thiazole rings is 1. The SMILES string of the molecule is CCCC(C)(Nc1nc(CC)cs1)C(=O)O. The molecule has 1 heterocycles. The molecule has 0 aliphatic carbocycles. The van der Waals surface area contributed by atoms with E-state index in [1.54, 1.807) is 6.92 Å². The molecule has 0 radical (unpaired) electrons. The van der Waals surface area contributed by atoms with Crippen LogP contribution in [0.2, 0.25) is 0 Å². The number of aromatic nitrogens is 1. The second kappa shape index (κ2) is 5.30. The number of aliphatic carboxylic acids is 1. The molecule has 0 bridgehead atoms. The van der Waals surface area contributed by atoms with E-state index in [1.807, 2.05) is 19.2 Å². The normalized spacial score (nSPS) is 14.4. The smallest absolute Gasteiger partial charge is 0.329 e. The topological polar surface area (TPSA) is 62.2 Å². The van der Waals surface area contributed by atoms with Gasteiger partial charge in [0.25, 0.3) is 0 Å². The Balaban J connectivity index is 2.79. The average molecular weight is 242 g/mol. The summed E-state index contributed by atoms with van der Waals surface area (Å²) in [6, 6.07) is 0. The maximum atomic E-state index is 11.2. The molecule has 0 aliphatic rings. The van der Waals surface area contributed by atoms with Crippen LogP contribution in [0.25, 0.3) is 0 Å². The molecule has 0 fully saturated rings. The van der Waals surface area contributed by atoms with Crippen LogP contribution in [0.3, 0.4) is 0 Å². The molecule has 1 unspecified atom stereocenters. The van der Waals surface area contributed by atoms with Gasteiger partial charge in [0.1, 0.15) is 5.54 Å². The van der Waals surface area contributed by atoms with Crippen molar-refractivity contribution in [2.45, 2.75) is 45.6 Å². The lowest BCUT2D eigenvalue weighted by molar-refractivity contribution is -0.141. The monoisotopic (exact) mass is 242 g/mol. The summed E-state index contributed by atoms with van der Waals surface area (Å²) in [6.45, 7) is 5.70. The third-order valence-electron chi connectivity index (χ3n) is 2.52. The van der Waals surface area contributed by atoms with E-state index in [0.717, 1.165) is 18.5 Å². The van der Waals surface area contributed by atoms with E-state index in [1.165, 1.54) is 11.3 Å². The van der Waals surface area contributed by atoms with Crippen molar-refractivity contribution in [3.63, 3.8) is 0 Å². The van der Waals surface area contributed by atoms with Gasteiger partial charge in [0.05, 0.1) is 5.69 Å². The van der Waals surface area contributed by atoms with E-state index in [2.05, 4.69) is 10.3 Å². The van der Waals surface area contributed by atoms with Crippen LogP contribution < -0.4 is 5.32 Å². The molecule has 2 N–H and O–H groups in total. The fourth-order valence-corrected chi connectivity index (χ4v) is 2.41. The van der Waals surface area contributed by atoms with Crippen molar-refractivity contribution in [1.29, 1.82) is 0 Å². The lowest BCUT2D eigenvalue weighted by Gasteiger charge is -2.25. The van der Waals surface area contributed by atoms with E-state index >= 15 is 0 Å². The van der Waals surface area contributed by atoms with Gasteiger partial charge in [-0.3, -0.25) is 0 Å². The maximum absolute atomic E-state index is 11.2. The summed E-state index contributed by atoms with van der Waals surface area (Å²) in [6.07, 6.45) is 2.28. The number of aryl methyl sites for hydroxylation is 1. The third kappa shape index (κ3) is 2.95. The van der Waals surface area contributed by atoms with Crippen LogP contribution in [0.4, 0.5) is 5.13 Å². The summed E-state index contributed by atoms with van der Waals surface area (Å²) < 4.78 is 0. The lowest BCUT2D eigenvalue weighted by Crippen LogP contribution is -2.43. The van der Waals surface area contributed by atoms with Gasteiger partial charge in [0, 0.05) is 5.38 Å². The molecule has 0 saturated carbocycles. The molecule has 0 aliphatic heterocycles. The zero-order valence-electron chi connectivity index (χ0n) is 9.91. The van der Waals surface area contributed by atoms with Crippen LogP contribution in [0.1, 0.15) is 39.3 Å². The molecule has 0 amide bonds. The zero-order chi connectivity index (χ0) is 12.2. The van der Waals surface area contributed by atoms with Gasteiger partial charge in [-0.2, -0.15) is 0 Å². The van der Waals surface area contributed by atoms with Crippen LogP contribution in [-0.2, 0) is 11.2 Å². The van der Waals surface area contributed by atoms with Crippen LogP contribution in [-0.4, -0.2) is 21.6 Å². The first-order valence-electron chi connectivity index (χ1n) is 5.47. The third-order valence-corrected chi connectivity index (χ3v) is 3.33. The van der Waals surface area contributed by atoms with Crippen molar-refractivity contribution >= 4 is 22.4 Å². The lowest BCUT2D eigenvalue weighted by atomic mass is 9.97. The molecule has 90 valence electrons. The molecule has 0 aromatic carbocycles.